The van der Waals surface area contributed by atoms with Gasteiger partial charge in [0.15, 0.2) is 6.10 Å². The highest BCUT2D eigenvalue weighted by molar-refractivity contribution is 5.71. The molecule has 0 N–H and O–H groups in total. The van der Waals surface area contributed by atoms with Crippen molar-refractivity contribution in [3.8, 4) is 0 Å². The van der Waals surface area contributed by atoms with Gasteiger partial charge in [0.25, 0.3) is 0 Å². The molecule has 0 spiro atoms. The quantitative estimate of drug-likeness (QED) is 0.0262. The maximum atomic E-state index is 12.8. The van der Waals surface area contributed by atoms with Gasteiger partial charge in [-0.3, -0.25) is 14.4 Å². The normalized spacial score (nSPS) is 12.6. The predicted molar refractivity (Wildman–Crippen MR) is 293 cm³/mol. The lowest BCUT2D eigenvalue weighted by molar-refractivity contribution is -0.166. The Morgan fingerprint density at radius 3 is 0.985 bits per heavy atom. The van der Waals surface area contributed by atoms with Gasteiger partial charge < -0.3 is 14.2 Å². The van der Waals surface area contributed by atoms with Crippen LogP contribution in [0.5, 0.6) is 0 Å². The van der Waals surface area contributed by atoms with E-state index in [1.807, 2.05) is 6.08 Å². The van der Waals surface area contributed by atoms with Gasteiger partial charge >= 0.3 is 17.9 Å². The van der Waals surface area contributed by atoms with Crippen molar-refractivity contribution in [1.29, 1.82) is 0 Å². The van der Waals surface area contributed by atoms with Crippen molar-refractivity contribution in [2.45, 2.75) is 290 Å². The molecule has 0 aromatic heterocycles. The van der Waals surface area contributed by atoms with Gasteiger partial charge in [0, 0.05) is 19.3 Å². The van der Waals surface area contributed by atoms with Crippen molar-refractivity contribution in [1.82, 2.24) is 0 Å². The Labute approximate surface area is 421 Å². The van der Waals surface area contributed by atoms with E-state index in [0.29, 0.717) is 19.3 Å². The minimum atomic E-state index is -0.804. The van der Waals surface area contributed by atoms with Gasteiger partial charge in [0.05, 0.1) is 0 Å². The predicted octanol–water partition coefficient (Wildman–Crippen LogP) is 19.4. The molecular weight excluding hydrogens is 841 g/mol. The van der Waals surface area contributed by atoms with E-state index in [0.717, 1.165) is 70.6 Å². The zero-order valence-electron chi connectivity index (χ0n) is 44.9. The summed E-state index contributed by atoms with van der Waals surface area (Å²) >= 11 is 0. The number of unbranched alkanes of at least 4 members (excludes halogenated alkanes) is 29. The van der Waals surface area contributed by atoms with Crippen LogP contribution in [0, 0.1) is 0 Å². The number of hydrogen-bond acceptors (Lipinski definition) is 6. The van der Waals surface area contributed by atoms with Gasteiger partial charge in [0.2, 0.25) is 0 Å². The molecule has 0 rings (SSSR count). The third-order valence-corrected chi connectivity index (χ3v) is 12.5. The van der Waals surface area contributed by atoms with Crippen LogP contribution in [0.25, 0.3) is 0 Å². The summed E-state index contributed by atoms with van der Waals surface area (Å²) in [7, 11) is 0. The summed E-state index contributed by atoms with van der Waals surface area (Å²) in [6.45, 7) is 6.47. The summed E-state index contributed by atoms with van der Waals surface area (Å²) in [4.78, 5) is 38.1. The van der Waals surface area contributed by atoms with Crippen molar-refractivity contribution in [3.05, 3.63) is 72.9 Å². The monoisotopic (exact) mass is 949 g/mol. The molecule has 0 fully saturated rings. The maximum absolute atomic E-state index is 12.8. The molecule has 0 aliphatic carbocycles. The standard InChI is InChI=1S/C62H108O6/c1-4-7-10-13-16-19-22-25-27-29-30-31-32-33-35-37-40-43-46-49-52-55-61(64)67-58-59(57-66-60(63)54-51-48-45-42-39-36-24-21-18-15-12-9-6-3)68-62(65)56-53-50-47-44-41-38-34-28-26-23-20-17-14-11-8-5-2/h9,12,18,21-22,25,29-30,36,39,45,48,59H,4-8,10-11,13-17,19-20,23-24,26-28,31-35,37-38,40-44,46-47,49-58H2,1-3H3/b12-9-,21-18-,25-22-,30-29-,39-36-,48-45-. The second kappa shape index (κ2) is 56.4. The molecule has 1 unspecified atom stereocenters. The van der Waals surface area contributed by atoms with Gasteiger partial charge in [0.1, 0.15) is 13.2 Å². The van der Waals surface area contributed by atoms with Crippen LogP contribution < -0.4 is 0 Å². The summed E-state index contributed by atoms with van der Waals surface area (Å²) in [5.74, 6) is -0.976. The minimum absolute atomic E-state index is 0.0974. The van der Waals surface area contributed by atoms with E-state index in [9.17, 15) is 14.4 Å². The van der Waals surface area contributed by atoms with Crippen LogP contribution in [-0.4, -0.2) is 37.2 Å². The third-order valence-electron chi connectivity index (χ3n) is 12.5. The average molecular weight is 950 g/mol. The maximum Gasteiger partial charge on any atom is 0.306 e. The Hall–Kier alpha value is -3.15. The molecule has 0 aromatic carbocycles. The number of esters is 3. The SMILES string of the molecule is CC/C=C\C/C=C\C/C=C\C/C=C\CCC(=O)OCC(COC(=O)CCCCCCCCCCC/C=C\C/C=C\CCCCCCC)OC(=O)CCCCCCCCCCCCCCCCCC. The highest BCUT2D eigenvalue weighted by atomic mass is 16.6. The summed E-state index contributed by atoms with van der Waals surface area (Å²) in [6.07, 6.45) is 72.0. The van der Waals surface area contributed by atoms with Gasteiger partial charge in [-0.1, -0.05) is 261 Å². The molecule has 0 saturated carbocycles. The van der Waals surface area contributed by atoms with Crippen LogP contribution in [0.1, 0.15) is 284 Å². The number of hydrogen-bond donors (Lipinski definition) is 0. The van der Waals surface area contributed by atoms with Gasteiger partial charge in [-0.15, -0.1) is 0 Å². The van der Waals surface area contributed by atoms with Crippen molar-refractivity contribution >= 4 is 17.9 Å². The first-order valence-corrected chi connectivity index (χ1v) is 28.9. The number of carbonyl (C=O) groups is 3. The van der Waals surface area contributed by atoms with E-state index in [-0.39, 0.29) is 37.5 Å². The Balaban J connectivity index is 4.38. The molecule has 6 nitrogen and oxygen atoms in total. The smallest absolute Gasteiger partial charge is 0.306 e. The second-order valence-electron chi connectivity index (χ2n) is 19.2. The van der Waals surface area contributed by atoms with Crippen molar-refractivity contribution in [2.75, 3.05) is 13.2 Å². The number of carbonyl (C=O) groups excluding carboxylic acids is 3. The summed E-state index contributed by atoms with van der Waals surface area (Å²) < 4.78 is 16.8. The molecule has 0 aliphatic rings. The van der Waals surface area contributed by atoms with Gasteiger partial charge in [-0.2, -0.15) is 0 Å². The number of ether oxygens (including phenoxy) is 3. The van der Waals surface area contributed by atoms with Gasteiger partial charge in [-0.05, 0) is 77.0 Å². The zero-order chi connectivity index (χ0) is 49.3. The van der Waals surface area contributed by atoms with Crippen LogP contribution in [-0.2, 0) is 28.6 Å². The Morgan fingerprint density at radius 1 is 0.309 bits per heavy atom. The van der Waals surface area contributed by atoms with Crippen LogP contribution in [0.4, 0.5) is 0 Å². The average Bonchev–Trinajstić information content (AvgIpc) is 3.34. The van der Waals surface area contributed by atoms with Crippen LogP contribution in [0.3, 0.4) is 0 Å². The fourth-order valence-corrected chi connectivity index (χ4v) is 8.13. The van der Waals surface area contributed by atoms with E-state index in [1.54, 1.807) is 0 Å². The molecule has 0 radical (unpaired) electrons. The number of rotatable bonds is 52. The molecule has 0 saturated heterocycles. The highest BCUT2D eigenvalue weighted by Crippen LogP contribution is 2.16. The lowest BCUT2D eigenvalue weighted by Gasteiger charge is -2.18. The molecule has 68 heavy (non-hydrogen) atoms. The lowest BCUT2D eigenvalue weighted by atomic mass is 10.0. The lowest BCUT2D eigenvalue weighted by Crippen LogP contribution is -2.30. The van der Waals surface area contributed by atoms with Crippen molar-refractivity contribution < 1.29 is 28.6 Å². The van der Waals surface area contributed by atoms with E-state index >= 15 is 0 Å². The molecule has 1 atom stereocenters. The fraction of sp³-hybridized carbons (Fsp3) is 0.758. The summed E-state index contributed by atoms with van der Waals surface area (Å²) in [5.41, 5.74) is 0. The highest BCUT2D eigenvalue weighted by Gasteiger charge is 2.19. The molecule has 0 amide bonds. The first-order valence-electron chi connectivity index (χ1n) is 28.9. The molecular formula is C62H108O6. The Kier molecular flexibility index (Phi) is 53.8. The van der Waals surface area contributed by atoms with Crippen LogP contribution >= 0.6 is 0 Å². The molecule has 6 heteroatoms. The molecule has 0 heterocycles. The van der Waals surface area contributed by atoms with E-state index < -0.39 is 6.10 Å². The number of allylic oxidation sites excluding steroid dienone is 12. The summed E-state index contributed by atoms with van der Waals surface area (Å²) in [6, 6.07) is 0. The zero-order valence-corrected chi connectivity index (χ0v) is 44.9. The van der Waals surface area contributed by atoms with Crippen molar-refractivity contribution in [2.24, 2.45) is 0 Å². The third kappa shape index (κ3) is 53.8. The van der Waals surface area contributed by atoms with Crippen LogP contribution in [0.2, 0.25) is 0 Å². The summed E-state index contributed by atoms with van der Waals surface area (Å²) in [5, 5.41) is 0. The first-order chi connectivity index (χ1) is 33.5. The largest absolute Gasteiger partial charge is 0.462 e. The molecule has 0 bridgehead atoms. The first kappa shape index (κ1) is 64.8. The second-order valence-corrected chi connectivity index (χ2v) is 19.2. The fourth-order valence-electron chi connectivity index (χ4n) is 8.13. The van der Waals surface area contributed by atoms with E-state index in [2.05, 4.69) is 87.6 Å². The Bertz CT molecular complexity index is 1270. The van der Waals surface area contributed by atoms with Crippen LogP contribution in [0.15, 0.2) is 72.9 Å². The van der Waals surface area contributed by atoms with Crippen molar-refractivity contribution in [3.63, 3.8) is 0 Å². The minimum Gasteiger partial charge on any atom is -0.462 e. The molecule has 0 aromatic rings. The van der Waals surface area contributed by atoms with Gasteiger partial charge in [-0.25, -0.2) is 0 Å². The molecule has 392 valence electrons. The molecule has 0 aliphatic heterocycles. The van der Waals surface area contributed by atoms with E-state index in [1.165, 1.54) is 167 Å². The topological polar surface area (TPSA) is 78.9 Å². The Morgan fingerprint density at radius 2 is 0.603 bits per heavy atom. The van der Waals surface area contributed by atoms with E-state index in [4.69, 9.17) is 14.2 Å².